The van der Waals surface area contributed by atoms with E-state index in [1.54, 1.807) is 13.8 Å². The fraction of sp³-hybridized carbons (Fsp3) is 0.429. The minimum absolute atomic E-state index is 0.0676. The van der Waals surface area contributed by atoms with Crippen LogP contribution in [-0.4, -0.2) is 54.3 Å². The number of hydrogen-bond donors (Lipinski definition) is 2. The molecule has 0 radical (unpaired) electrons. The molecule has 4 rings (SSSR count). The summed E-state index contributed by atoms with van der Waals surface area (Å²) < 4.78 is 42.5. The third kappa shape index (κ3) is 6.75. The van der Waals surface area contributed by atoms with Crippen LogP contribution in [0.15, 0.2) is 41.3 Å². The first-order valence-electron chi connectivity index (χ1n) is 13.5. The van der Waals surface area contributed by atoms with Crippen LogP contribution in [0.1, 0.15) is 60.3 Å². The number of carbonyl (C=O) groups excluding carboxylic acids is 1. The molecular formula is C28H35N5O7S. The summed E-state index contributed by atoms with van der Waals surface area (Å²) in [6, 6.07) is 8.66. The summed E-state index contributed by atoms with van der Waals surface area (Å²) in [6.07, 6.45) is 2.23. The zero-order valence-electron chi connectivity index (χ0n) is 23.8. The molecule has 13 heteroatoms. The molecule has 12 nitrogen and oxygen atoms in total. The Morgan fingerprint density at radius 1 is 1.24 bits per heavy atom. The number of rotatable bonds is 11. The molecule has 2 unspecified atom stereocenters. The summed E-state index contributed by atoms with van der Waals surface area (Å²) in [4.78, 5) is 23.7. The van der Waals surface area contributed by atoms with Gasteiger partial charge in [-0.15, -0.1) is 0 Å². The van der Waals surface area contributed by atoms with Crippen LogP contribution < -0.4 is 14.8 Å². The van der Waals surface area contributed by atoms with Gasteiger partial charge in [0, 0.05) is 36.9 Å². The minimum Gasteiger partial charge on any atom is -0.437 e. The van der Waals surface area contributed by atoms with Crippen molar-refractivity contribution in [2.45, 2.75) is 70.9 Å². The summed E-state index contributed by atoms with van der Waals surface area (Å²) in [6.45, 7) is 9.94. The summed E-state index contributed by atoms with van der Waals surface area (Å²) in [7, 11) is -4.21. The molecule has 0 aliphatic carbocycles. The topological polar surface area (TPSA) is 155 Å². The number of benzene rings is 2. The highest BCUT2D eigenvalue weighted by Crippen LogP contribution is 2.36. The van der Waals surface area contributed by atoms with E-state index in [9.17, 15) is 23.3 Å². The number of non-ortho nitro benzene ring substituents is 1. The van der Waals surface area contributed by atoms with Crippen molar-refractivity contribution in [1.29, 1.82) is 0 Å². The molecule has 2 aromatic carbocycles. The molecule has 1 amide bonds. The van der Waals surface area contributed by atoms with Gasteiger partial charge < -0.3 is 14.8 Å². The molecule has 1 aliphatic heterocycles. The molecule has 1 aliphatic rings. The zero-order valence-corrected chi connectivity index (χ0v) is 24.6. The fourth-order valence-corrected chi connectivity index (χ4v) is 5.92. The van der Waals surface area contributed by atoms with Gasteiger partial charge in [-0.25, -0.2) is 13.1 Å². The largest absolute Gasteiger partial charge is 0.437 e. The van der Waals surface area contributed by atoms with Crippen LogP contribution in [0, 0.1) is 30.9 Å². The lowest BCUT2D eigenvalue weighted by molar-refractivity contribution is -0.385. The fourth-order valence-electron chi connectivity index (χ4n) is 4.44. The van der Waals surface area contributed by atoms with E-state index in [0.717, 1.165) is 30.0 Å². The summed E-state index contributed by atoms with van der Waals surface area (Å²) in [5.41, 5.74) is 2.46. The van der Waals surface area contributed by atoms with Gasteiger partial charge in [-0.05, 0) is 70.2 Å². The molecule has 0 bridgehead atoms. The molecular weight excluding hydrogens is 550 g/mol. The van der Waals surface area contributed by atoms with Gasteiger partial charge in [-0.3, -0.25) is 14.9 Å². The number of sulfonamides is 1. The Balaban J connectivity index is 1.82. The van der Waals surface area contributed by atoms with Gasteiger partial charge in [0.05, 0.1) is 16.7 Å². The van der Waals surface area contributed by atoms with Gasteiger partial charge in [0.15, 0.2) is 5.69 Å². The van der Waals surface area contributed by atoms with Crippen molar-refractivity contribution in [1.82, 2.24) is 19.8 Å². The Labute approximate surface area is 239 Å². The second-order valence-corrected chi connectivity index (χ2v) is 11.9. The van der Waals surface area contributed by atoms with E-state index in [2.05, 4.69) is 15.1 Å². The number of aryl methyl sites for hydroxylation is 2. The predicted octanol–water partition coefficient (Wildman–Crippen LogP) is 4.48. The van der Waals surface area contributed by atoms with Crippen LogP contribution in [0.25, 0.3) is 5.69 Å². The number of amides is 1. The summed E-state index contributed by atoms with van der Waals surface area (Å²) in [5, 5.41) is 19.0. The van der Waals surface area contributed by atoms with Gasteiger partial charge in [0.1, 0.15) is 10.6 Å². The maximum Gasteiger partial charge on any atom is 0.272 e. The number of nitro groups is 1. The average Bonchev–Trinajstić information content (AvgIpc) is 3.56. The Morgan fingerprint density at radius 2 is 2.00 bits per heavy atom. The number of nitro benzene ring substituents is 1. The van der Waals surface area contributed by atoms with Crippen molar-refractivity contribution < 1.29 is 27.6 Å². The second-order valence-electron chi connectivity index (χ2n) is 10.2. The van der Waals surface area contributed by atoms with Gasteiger partial charge in [0.2, 0.25) is 15.9 Å². The first-order chi connectivity index (χ1) is 19.4. The maximum absolute atomic E-state index is 13.3. The van der Waals surface area contributed by atoms with E-state index in [0.29, 0.717) is 30.8 Å². The quantitative estimate of drug-likeness (QED) is 0.247. The Kier molecular flexibility index (Phi) is 9.10. The highest BCUT2D eigenvalue weighted by atomic mass is 32.2. The SMILES string of the molecule is CCC(C)NS(=O)(=O)c1cc([N+](=O)[O-])ccc1Oc1c(C)c(C(=O)NCC2CCCO2)nn1-c1cc(C)ccc1C. The van der Waals surface area contributed by atoms with Crippen LogP contribution >= 0.6 is 0 Å². The molecule has 1 fully saturated rings. The van der Waals surface area contributed by atoms with Crippen molar-refractivity contribution in [3.05, 3.63) is 68.9 Å². The number of ether oxygens (including phenoxy) is 2. The molecule has 2 N–H and O–H groups in total. The van der Waals surface area contributed by atoms with Crippen molar-refractivity contribution >= 4 is 21.6 Å². The van der Waals surface area contributed by atoms with E-state index < -0.39 is 37.5 Å². The maximum atomic E-state index is 13.3. The molecule has 1 saturated heterocycles. The Hall–Kier alpha value is -3.81. The smallest absolute Gasteiger partial charge is 0.272 e. The average molecular weight is 586 g/mol. The van der Waals surface area contributed by atoms with E-state index in [4.69, 9.17) is 9.47 Å². The Bertz CT molecular complexity index is 1560. The van der Waals surface area contributed by atoms with Gasteiger partial charge >= 0.3 is 0 Å². The van der Waals surface area contributed by atoms with Crippen molar-refractivity contribution in [3.63, 3.8) is 0 Å². The van der Waals surface area contributed by atoms with Gasteiger partial charge in [-0.1, -0.05) is 19.1 Å². The molecule has 220 valence electrons. The molecule has 2 atom stereocenters. The highest BCUT2D eigenvalue weighted by Gasteiger charge is 2.29. The van der Waals surface area contributed by atoms with E-state index >= 15 is 0 Å². The minimum atomic E-state index is -4.21. The lowest BCUT2D eigenvalue weighted by Gasteiger charge is -2.17. The number of carbonyl (C=O) groups is 1. The van der Waals surface area contributed by atoms with Gasteiger partial charge in [-0.2, -0.15) is 9.78 Å². The highest BCUT2D eigenvalue weighted by molar-refractivity contribution is 7.89. The standard InChI is InChI=1S/C28H35N5O7S/c1-6-19(4)31-41(37,38)25-15-21(33(35)36)11-12-24(25)40-28-20(5)26(27(34)29-16-22-8-7-13-39-22)30-32(28)23-14-17(2)9-10-18(23)3/h9-12,14-15,19,22,31H,6-8,13,16H2,1-5H3,(H,29,34). The summed E-state index contributed by atoms with van der Waals surface area (Å²) >= 11 is 0. The first-order valence-corrected chi connectivity index (χ1v) is 14.9. The molecule has 0 saturated carbocycles. The number of aromatic nitrogens is 2. The van der Waals surface area contributed by atoms with Crippen molar-refractivity contribution in [2.75, 3.05) is 13.2 Å². The van der Waals surface area contributed by atoms with E-state index in [1.165, 1.54) is 16.8 Å². The van der Waals surface area contributed by atoms with Crippen molar-refractivity contribution in [2.24, 2.45) is 0 Å². The van der Waals surface area contributed by atoms with E-state index in [1.807, 2.05) is 39.0 Å². The molecule has 2 heterocycles. The second kappa shape index (κ2) is 12.4. The first kappa shape index (κ1) is 30.2. The van der Waals surface area contributed by atoms with Crippen LogP contribution in [0.4, 0.5) is 5.69 Å². The van der Waals surface area contributed by atoms with Crippen molar-refractivity contribution in [3.8, 4) is 17.3 Å². The molecule has 3 aromatic rings. The van der Waals surface area contributed by atoms with E-state index in [-0.39, 0.29) is 23.4 Å². The monoisotopic (exact) mass is 585 g/mol. The van der Waals surface area contributed by atoms with Crippen LogP contribution in [0.5, 0.6) is 11.6 Å². The molecule has 41 heavy (non-hydrogen) atoms. The molecule has 0 spiro atoms. The predicted molar refractivity (Wildman–Crippen MR) is 152 cm³/mol. The van der Waals surface area contributed by atoms with Crippen LogP contribution in [0.3, 0.4) is 0 Å². The number of nitrogens with zero attached hydrogens (tertiary/aromatic N) is 3. The lowest BCUT2D eigenvalue weighted by Crippen LogP contribution is -2.32. The normalized spacial score (nSPS) is 16.0. The molecule has 1 aromatic heterocycles. The summed E-state index contributed by atoms with van der Waals surface area (Å²) in [5.74, 6) is -0.469. The number of nitrogens with one attached hydrogen (secondary N) is 2. The van der Waals surface area contributed by atoms with Crippen LogP contribution in [-0.2, 0) is 14.8 Å². The van der Waals surface area contributed by atoms with Gasteiger partial charge in [0.25, 0.3) is 11.6 Å². The lowest BCUT2D eigenvalue weighted by atomic mass is 10.1. The van der Waals surface area contributed by atoms with Crippen LogP contribution in [0.2, 0.25) is 0 Å². The Morgan fingerprint density at radius 3 is 2.66 bits per heavy atom. The zero-order chi connectivity index (χ0) is 29.9. The third-order valence-corrected chi connectivity index (χ3v) is 8.60. The third-order valence-electron chi connectivity index (χ3n) is 6.99. The number of hydrogen-bond acceptors (Lipinski definition) is 8.